The van der Waals surface area contributed by atoms with Crippen molar-refractivity contribution in [1.82, 2.24) is 10.2 Å². The molecule has 20 heavy (non-hydrogen) atoms. The van der Waals surface area contributed by atoms with Crippen molar-refractivity contribution in [2.75, 3.05) is 25.5 Å². The molecule has 2 amide bonds. The summed E-state index contributed by atoms with van der Waals surface area (Å²) >= 11 is 0. The maximum atomic E-state index is 12.1. The Hall–Kier alpha value is -1.55. The van der Waals surface area contributed by atoms with Crippen LogP contribution in [0.5, 0.6) is 0 Å². The van der Waals surface area contributed by atoms with Crippen LogP contribution in [-0.4, -0.2) is 31.1 Å². The molecule has 0 aliphatic heterocycles. The Balaban J connectivity index is 2.68. The topological polar surface area (TPSA) is 44.4 Å². The molecule has 1 atom stereocenters. The quantitative estimate of drug-likeness (QED) is 0.836. The fourth-order valence-electron chi connectivity index (χ4n) is 2.16. The van der Waals surface area contributed by atoms with Crippen LogP contribution in [0.4, 0.5) is 10.5 Å². The average molecular weight is 277 g/mol. The van der Waals surface area contributed by atoms with E-state index in [-0.39, 0.29) is 12.1 Å². The molecule has 0 heterocycles. The lowest BCUT2D eigenvalue weighted by Crippen LogP contribution is -2.34. The highest BCUT2D eigenvalue weighted by Gasteiger charge is 2.11. The number of hydrogen-bond donors (Lipinski definition) is 2. The minimum Gasteiger partial charge on any atom is -0.327 e. The van der Waals surface area contributed by atoms with E-state index in [1.165, 1.54) is 5.56 Å². The van der Waals surface area contributed by atoms with Crippen LogP contribution in [0, 0.1) is 5.92 Å². The second-order valence-electron chi connectivity index (χ2n) is 5.61. The molecule has 0 aliphatic carbocycles. The predicted octanol–water partition coefficient (Wildman–Crippen LogP) is 3.48. The zero-order valence-corrected chi connectivity index (χ0v) is 13.2. The second kappa shape index (κ2) is 7.90. The number of carbonyl (C=O) groups excluding carboxylic acids is 1. The number of carbonyl (C=O) groups is 1. The highest BCUT2D eigenvalue weighted by molar-refractivity contribution is 5.89. The molecule has 4 heteroatoms. The number of amides is 2. The Bertz CT molecular complexity index is 431. The van der Waals surface area contributed by atoms with Gasteiger partial charge in [-0.3, -0.25) is 0 Å². The van der Waals surface area contributed by atoms with E-state index in [1.54, 1.807) is 4.90 Å². The van der Waals surface area contributed by atoms with Crippen LogP contribution in [0.2, 0.25) is 0 Å². The van der Waals surface area contributed by atoms with Crippen LogP contribution >= 0.6 is 0 Å². The Kier molecular flexibility index (Phi) is 6.52. The van der Waals surface area contributed by atoms with Crippen molar-refractivity contribution in [1.29, 1.82) is 0 Å². The highest BCUT2D eigenvalue weighted by atomic mass is 16.2. The molecule has 1 aromatic carbocycles. The van der Waals surface area contributed by atoms with Crippen molar-refractivity contribution in [3.63, 3.8) is 0 Å². The SMILES string of the molecule is CCNC(C)c1cccc(NC(=O)N(C)CC(C)C)c1. The summed E-state index contributed by atoms with van der Waals surface area (Å²) in [7, 11) is 1.82. The van der Waals surface area contributed by atoms with Gasteiger partial charge in [-0.1, -0.05) is 32.9 Å². The molecule has 0 aromatic heterocycles. The number of urea groups is 1. The van der Waals surface area contributed by atoms with E-state index in [4.69, 9.17) is 0 Å². The van der Waals surface area contributed by atoms with Crippen molar-refractivity contribution in [3.8, 4) is 0 Å². The lowest BCUT2D eigenvalue weighted by molar-refractivity contribution is 0.217. The summed E-state index contributed by atoms with van der Waals surface area (Å²) in [6, 6.07) is 8.21. The molecule has 1 unspecified atom stereocenters. The summed E-state index contributed by atoms with van der Waals surface area (Å²) in [5.41, 5.74) is 2.02. The smallest absolute Gasteiger partial charge is 0.321 e. The van der Waals surface area contributed by atoms with Crippen LogP contribution in [-0.2, 0) is 0 Å². The van der Waals surface area contributed by atoms with Gasteiger partial charge in [0.2, 0.25) is 0 Å². The van der Waals surface area contributed by atoms with Gasteiger partial charge in [0.15, 0.2) is 0 Å². The molecular formula is C16H27N3O. The van der Waals surface area contributed by atoms with Crippen molar-refractivity contribution < 1.29 is 4.79 Å². The van der Waals surface area contributed by atoms with Crippen LogP contribution in [0.3, 0.4) is 0 Å². The van der Waals surface area contributed by atoms with Gasteiger partial charge in [-0.25, -0.2) is 4.79 Å². The zero-order valence-electron chi connectivity index (χ0n) is 13.2. The largest absolute Gasteiger partial charge is 0.327 e. The third-order valence-corrected chi connectivity index (χ3v) is 3.13. The summed E-state index contributed by atoms with van der Waals surface area (Å²) in [5.74, 6) is 0.464. The molecule has 0 radical (unpaired) electrons. The first-order valence-electron chi connectivity index (χ1n) is 7.29. The number of nitrogens with one attached hydrogen (secondary N) is 2. The number of rotatable bonds is 6. The number of hydrogen-bond acceptors (Lipinski definition) is 2. The molecule has 4 nitrogen and oxygen atoms in total. The third kappa shape index (κ3) is 5.21. The summed E-state index contributed by atoms with van der Waals surface area (Å²) in [5, 5.41) is 6.31. The molecule has 1 aromatic rings. The van der Waals surface area contributed by atoms with Crippen LogP contribution in [0.1, 0.15) is 39.3 Å². The van der Waals surface area contributed by atoms with Gasteiger partial charge in [0.25, 0.3) is 0 Å². The van der Waals surface area contributed by atoms with Crippen molar-refractivity contribution in [2.45, 2.75) is 33.7 Å². The van der Waals surface area contributed by atoms with Crippen molar-refractivity contribution in [2.24, 2.45) is 5.92 Å². The predicted molar refractivity (Wildman–Crippen MR) is 85.0 cm³/mol. The van der Waals surface area contributed by atoms with Gasteiger partial charge in [-0.05, 0) is 37.1 Å². The number of anilines is 1. The highest BCUT2D eigenvalue weighted by Crippen LogP contribution is 2.17. The normalized spacial score (nSPS) is 12.3. The monoisotopic (exact) mass is 277 g/mol. The summed E-state index contributed by atoms with van der Waals surface area (Å²) in [6.45, 7) is 10.1. The maximum absolute atomic E-state index is 12.1. The first-order valence-corrected chi connectivity index (χ1v) is 7.29. The zero-order chi connectivity index (χ0) is 15.1. The Morgan fingerprint density at radius 1 is 1.30 bits per heavy atom. The standard InChI is InChI=1S/C16H27N3O/c1-6-17-13(4)14-8-7-9-15(10-14)18-16(20)19(5)11-12(2)3/h7-10,12-13,17H,6,11H2,1-5H3,(H,18,20). The number of benzene rings is 1. The lowest BCUT2D eigenvalue weighted by Gasteiger charge is -2.20. The van der Waals surface area contributed by atoms with Crippen LogP contribution in [0.15, 0.2) is 24.3 Å². The maximum Gasteiger partial charge on any atom is 0.321 e. The Morgan fingerprint density at radius 3 is 2.60 bits per heavy atom. The first kappa shape index (κ1) is 16.5. The Morgan fingerprint density at radius 2 is 2.00 bits per heavy atom. The number of nitrogens with zero attached hydrogens (tertiary/aromatic N) is 1. The minimum absolute atomic E-state index is 0.0630. The van der Waals surface area contributed by atoms with Crippen molar-refractivity contribution >= 4 is 11.7 Å². The molecule has 0 saturated heterocycles. The van der Waals surface area contributed by atoms with Crippen molar-refractivity contribution in [3.05, 3.63) is 29.8 Å². The van der Waals surface area contributed by atoms with E-state index in [9.17, 15) is 4.79 Å². The van der Waals surface area contributed by atoms with E-state index in [0.717, 1.165) is 18.8 Å². The van der Waals surface area contributed by atoms with E-state index in [1.807, 2.05) is 25.2 Å². The van der Waals surface area contributed by atoms with Crippen LogP contribution < -0.4 is 10.6 Å². The molecule has 0 bridgehead atoms. The van der Waals surface area contributed by atoms with Gasteiger partial charge < -0.3 is 15.5 Å². The average Bonchev–Trinajstić information content (AvgIpc) is 2.38. The first-order chi connectivity index (χ1) is 9.43. The molecule has 1 rings (SSSR count). The summed E-state index contributed by atoms with van der Waals surface area (Å²) < 4.78 is 0. The molecule has 112 valence electrons. The van der Waals surface area contributed by atoms with Gasteiger partial charge in [0, 0.05) is 25.3 Å². The summed E-state index contributed by atoms with van der Waals surface area (Å²) in [4.78, 5) is 13.8. The fraction of sp³-hybridized carbons (Fsp3) is 0.562. The van der Waals surface area contributed by atoms with E-state index in [2.05, 4.69) is 44.4 Å². The third-order valence-electron chi connectivity index (χ3n) is 3.13. The van der Waals surface area contributed by atoms with Gasteiger partial charge in [-0.2, -0.15) is 0 Å². The molecule has 0 aliphatic rings. The molecule has 0 saturated carbocycles. The van der Waals surface area contributed by atoms with Crippen LogP contribution in [0.25, 0.3) is 0 Å². The van der Waals surface area contributed by atoms with E-state index in [0.29, 0.717) is 5.92 Å². The van der Waals surface area contributed by atoms with Gasteiger partial charge in [0.05, 0.1) is 0 Å². The van der Waals surface area contributed by atoms with E-state index >= 15 is 0 Å². The molecule has 0 fully saturated rings. The van der Waals surface area contributed by atoms with E-state index < -0.39 is 0 Å². The summed E-state index contributed by atoms with van der Waals surface area (Å²) in [6.07, 6.45) is 0. The lowest BCUT2D eigenvalue weighted by atomic mass is 10.1. The van der Waals surface area contributed by atoms with Gasteiger partial charge in [-0.15, -0.1) is 0 Å². The minimum atomic E-state index is -0.0630. The second-order valence-corrected chi connectivity index (χ2v) is 5.61. The molecule has 0 spiro atoms. The molecular weight excluding hydrogens is 250 g/mol. The van der Waals surface area contributed by atoms with Gasteiger partial charge >= 0.3 is 6.03 Å². The Labute approximate surface area is 122 Å². The van der Waals surface area contributed by atoms with Gasteiger partial charge in [0.1, 0.15) is 0 Å². The molecule has 2 N–H and O–H groups in total. The fourth-order valence-corrected chi connectivity index (χ4v) is 2.16.